The Balaban J connectivity index is 1.64. The topological polar surface area (TPSA) is 81.4 Å². The maximum Gasteiger partial charge on any atom is 0.240 e. The number of aromatic nitrogens is 1. The fourth-order valence-electron chi connectivity index (χ4n) is 4.74. The van der Waals surface area contributed by atoms with Crippen LogP contribution in [-0.4, -0.2) is 66.0 Å². The number of nitrogens with one attached hydrogen (secondary N) is 1. The standard InChI is InChI=1S/C25H35N5O2/c1-5-6-13-29(4)25(32)19-11-12-20(16-28(3)15-19)27-24(31)17-30-18(2)22(14-26)21-9-7-8-10-23(21)30/h7-10,19-20H,5-6,11-13,15-17H2,1-4H3,(H,27,31)/t19-,20+/m1/s1. The largest absolute Gasteiger partial charge is 0.351 e. The van der Waals surface area contributed by atoms with Crippen molar-refractivity contribution in [1.82, 2.24) is 19.7 Å². The van der Waals surface area contributed by atoms with E-state index in [4.69, 9.17) is 0 Å². The molecule has 0 unspecified atom stereocenters. The number of likely N-dealkylation sites (N-methyl/N-ethyl adjacent to an activating group) is 1. The Hall–Kier alpha value is -2.85. The highest BCUT2D eigenvalue weighted by atomic mass is 16.2. The van der Waals surface area contributed by atoms with E-state index in [1.54, 1.807) is 0 Å². The van der Waals surface area contributed by atoms with Crippen LogP contribution in [0.25, 0.3) is 10.9 Å². The number of hydrogen-bond donors (Lipinski definition) is 1. The third-order valence-electron chi connectivity index (χ3n) is 6.51. The van der Waals surface area contributed by atoms with E-state index in [-0.39, 0.29) is 30.3 Å². The summed E-state index contributed by atoms with van der Waals surface area (Å²) in [5.41, 5.74) is 2.33. The Morgan fingerprint density at radius 2 is 2.00 bits per heavy atom. The highest BCUT2D eigenvalue weighted by molar-refractivity contribution is 5.89. The lowest BCUT2D eigenvalue weighted by atomic mass is 10.00. The van der Waals surface area contributed by atoms with Crippen LogP contribution in [0.1, 0.15) is 43.9 Å². The van der Waals surface area contributed by atoms with Gasteiger partial charge in [0.25, 0.3) is 0 Å². The Labute approximate surface area is 191 Å². The number of likely N-dealkylation sites (tertiary alicyclic amines) is 1. The number of para-hydroxylation sites is 1. The first-order valence-corrected chi connectivity index (χ1v) is 11.6. The van der Waals surface area contributed by atoms with Crippen LogP contribution in [0.2, 0.25) is 0 Å². The second-order valence-electron chi connectivity index (χ2n) is 9.05. The van der Waals surface area contributed by atoms with Crippen molar-refractivity contribution < 1.29 is 9.59 Å². The van der Waals surface area contributed by atoms with Crippen LogP contribution in [0.5, 0.6) is 0 Å². The molecule has 172 valence electrons. The SMILES string of the molecule is CCCCN(C)C(=O)[C@@H]1CC[C@H](NC(=O)Cn2c(C)c(C#N)c3ccccc32)CN(C)C1. The molecule has 0 aliphatic carbocycles. The van der Waals surface area contributed by atoms with E-state index in [0.717, 1.165) is 55.4 Å². The fourth-order valence-corrected chi connectivity index (χ4v) is 4.74. The highest BCUT2D eigenvalue weighted by Crippen LogP contribution is 2.25. The molecule has 1 N–H and O–H groups in total. The predicted octanol–water partition coefficient (Wildman–Crippen LogP) is 2.91. The molecule has 0 bridgehead atoms. The molecule has 1 saturated heterocycles. The van der Waals surface area contributed by atoms with Crippen LogP contribution in [0.4, 0.5) is 0 Å². The van der Waals surface area contributed by atoms with Crippen LogP contribution in [0.15, 0.2) is 24.3 Å². The molecule has 2 amide bonds. The summed E-state index contributed by atoms with van der Waals surface area (Å²) in [4.78, 5) is 29.8. The van der Waals surface area contributed by atoms with Gasteiger partial charge in [0.15, 0.2) is 0 Å². The first-order valence-electron chi connectivity index (χ1n) is 11.6. The average Bonchev–Trinajstić information content (AvgIpc) is 2.90. The molecule has 0 spiro atoms. The summed E-state index contributed by atoms with van der Waals surface area (Å²) >= 11 is 0. The summed E-state index contributed by atoms with van der Waals surface area (Å²) in [6.07, 6.45) is 3.64. The van der Waals surface area contributed by atoms with Crippen LogP contribution < -0.4 is 5.32 Å². The minimum Gasteiger partial charge on any atom is -0.351 e. The summed E-state index contributed by atoms with van der Waals surface area (Å²) < 4.78 is 1.92. The zero-order valence-electron chi connectivity index (χ0n) is 19.7. The molecule has 2 aromatic rings. The van der Waals surface area contributed by atoms with E-state index < -0.39 is 0 Å². The number of rotatable bonds is 7. The number of carbonyl (C=O) groups excluding carboxylic acids is 2. The third-order valence-corrected chi connectivity index (χ3v) is 6.51. The number of nitrogens with zero attached hydrogens (tertiary/aromatic N) is 4. The smallest absolute Gasteiger partial charge is 0.240 e. The van der Waals surface area contributed by atoms with E-state index in [1.807, 2.05) is 54.8 Å². The third kappa shape index (κ3) is 5.31. The molecule has 3 rings (SSSR count). The lowest BCUT2D eigenvalue weighted by molar-refractivity contribution is -0.134. The van der Waals surface area contributed by atoms with E-state index in [2.05, 4.69) is 23.2 Å². The summed E-state index contributed by atoms with van der Waals surface area (Å²) in [6.45, 7) is 6.43. The molecule has 0 saturated carbocycles. The molecule has 1 aromatic carbocycles. The molecule has 1 aliphatic rings. The molecule has 2 atom stereocenters. The van der Waals surface area contributed by atoms with Crippen molar-refractivity contribution in [1.29, 1.82) is 5.26 Å². The van der Waals surface area contributed by atoms with Gasteiger partial charge in [0.2, 0.25) is 11.8 Å². The van der Waals surface area contributed by atoms with Gasteiger partial charge < -0.3 is 19.7 Å². The predicted molar refractivity (Wildman–Crippen MR) is 126 cm³/mol. The van der Waals surface area contributed by atoms with Crippen molar-refractivity contribution in [3.8, 4) is 6.07 Å². The van der Waals surface area contributed by atoms with Crippen molar-refractivity contribution in [3.05, 3.63) is 35.5 Å². The Bertz CT molecular complexity index is 1010. The van der Waals surface area contributed by atoms with E-state index in [1.165, 1.54) is 0 Å². The second-order valence-corrected chi connectivity index (χ2v) is 9.05. The number of amides is 2. The first kappa shape index (κ1) is 23.8. The van der Waals surface area contributed by atoms with E-state index in [0.29, 0.717) is 12.1 Å². The van der Waals surface area contributed by atoms with Gasteiger partial charge in [-0.25, -0.2) is 0 Å². The Kier molecular flexibility index (Phi) is 7.92. The number of unbranched alkanes of at least 4 members (excludes halogenated alkanes) is 1. The first-order chi connectivity index (χ1) is 15.3. The van der Waals surface area contributed by atoms with Crippen molar-refractivity contribution >= 4 is 22.7 Å². The Morgan fingerprint density at radius 3 is 2.72 bits per heavy atom. The van der Waals surface area contributed by atoms with Gasteiger partial charge >= 0.3 is 0 Å². The molecular weight excluding hydrogens is 402 g/mol. The number of nitriles is 1. The second kappa shape index (κ2) is 10.6. The Morgan fingerprint density at radius 1 is 1.25 bits per heavy atom. The number of benzene rings is 1. The highest BCUT2D eigenvalue weighted by Gasteiger charge is 2.29. The van der Waals surface area contributed by atoms with Crippen LogP contribution in [-0.2, 0) is 16.1 Å². The molecule has 1 aromatic heterocycles. The van der Waals surface area contributed by atoms with E-state index >= 15 is 0 Å². The lowest BCUT2D eigenvalue weighted by Crippen LogP contribution is -2.43. The van der Waals surface area contributed by atoms with Gasteiger partial charge in [-0.3, -0.25) is 9.59 Å². The summed E-state index contributed by atoms with van der Waals surface area (Å²) in [5.74, 6) is 0.106. The van der Waals surface area contributed by atoms with Crippen molar-refractivity contribution in [2.24, 2.45) is 5.92 Å². The zero-order chi connectivity index (χ0) is 23.3. The normalized spacial score (nSPS) is 19.3. The summed E-state index contributed by atoms with van der Waals surface area (Å²) in [5, 5.41) is 13.6. The van der Waals surface area contributed by atoms with Crippen molar-refractivity contribution in [3.63, 3.8) is 0 Å². The van der Waals surface area contributed by atoms with Gasteiger partial charge in [-0.2, -0.15) is 5.26 Å². The molecule has 32 heavy (non-hydrogen) atoms. The van der Waals surface area contributed by atoms with Crippen LogP contribution in [0.3, 0.4) is 0 Å². The van der Waals surface area contributed by atoms with Crippen molar-refractivity contribution in [2.75, 3.05) is 33.7 Å². The minimum absolute atomic E-state index is 0.00353. The van der Waals surface area contributed by atoms with Gasteiger partial charge in [0.05, 0.1) is 17.0 Å². The van der Waals surface area contributed by atoms with Gasteiger partial charge in [-0.1, -0.05) is 31.5 Å². The molecule has 1 fully saturated rings. The molecule has 7 heteroatoms. The van der Waals surface area contributed by atoms with Crippen LogP contribution >= 0.6 is 0 Å². The monoisotopic (exact) mass is 437 g/mol. The average molecular weight is 438 g/mol. The number of fused-ring (bicyclic) bond motifs is 1. The van der Waals surface area contributed by atoms with Crippen LogP contribution in [0, 0.1) is 24.2 Å². The maximum atomic E-state index is 12.9. The van der Waals surface area contributed by atoms with Gasteiger partial charge in [0.1, 0.15) is 12.6 Å². The molecule has 2 heterocycles. The number of hydrogen-bond acceptors (Lipinski definition) is 4. The molecular formula is C25H35N5O2. The summed E-state index contributed by atoms with van der Waals surface area (Å²) in [7, 11) is 3.90. The lowest BCUT2D eigenvalue weighted by Gasteiger charge is -2.25. The maximum absolute atomic E-state index is 12.9. The van der Waals surface area contributed by atoms with Gasteiger partial charge in [-0.15, -0.1) is 0 Å². The number of carbonyl (C=O) groups is 2. The van der Waals surface area contributed by atoms with Crippen molar-refractivity contribution in [2.45, 2.75) is 52.1 Å². The molecule has 7 nitrogen and oxygen atoms in total. The minimum atomic E-state index is -0.0680. The van der Waals surface area contributed by atoms with E-state index in [9.17, 15) is 14.9 Å². The molecule has 1 aliphatic heterocycles. The van der Waals surface area contributed by atoms with Gasteiger partial charge in [0, 0.05) is 43.8 Å². The van der Waals surface area contributed by atoms with Gasteiger partial charge in [-0.05, 0) is 39.3 Å². The summed E-state index contributed by atoms with van der Waals surface area (Å²) in [6, 6.07) is 9.97. The quantitative estimate of drug-likeness (QED) is 0.722. The fraction of sp³-hybridized carbons (Fsp3) is 0.560. The zero-order valence-corrected chi connectivity index (χ0v) is 19.7. The molecule has 0 radical (unpaired) electrons.